The number of ether oxygens (including phenoxy) is 1. The molecule has 1 aromatic rings. The standard InChI is InChI=1S/C14H21NO3/c1-4-10-15-14(3,13(16)17)11-6-8-12(9-7-11)18-5-2/h6-9,15H,4-5,10H2,1-3H3,(H,16,17). The summed E-state index contributed by atoms with van der Waals surface area (Å²) in [6.07, 6.45) is 0.889. The van der Waals surface area contributed by atoms with Crippen LogP contribution in [0.3, 0.4) is 0 Å². The third-order valence-electron chi connectivity index (χ3n) is 2.90. The molecule has 4 heteroatoms. The van der Waals surface area contributed by atoms with Crippen molar-refractivity contribution < 1.29 is 14.6 Å². The van der Waals surface area contributed by atoms with Gasteiger partial charge in [0.1, 0.15) is 11.3 Å². The van der Waals surface area contributed by atoms with Gasteiger partial charge in [0.05, 0.1) is 6.61 Å². The molecule has 0 aromatic heterocycles. The first-order valence-electron chi connectivity index (χ1n) is 6.26. The Morgan fingerprint density at radius 1 is 1.33 bits per heavy atom. The molecule has 0 fully saturated rings. The highest BCUT2D eigenvalue weighted by atomic mass is 16.5. The highest BCUT2D eigenvalue weighted by Gasteiger charge is 2.34. The Kier molecular flexibility index (Phi) is 5.16. The highest BCUT2D eigenvalue weighted by molar-refractivity contribution is 5.80. The van der Waals surface area contributed by atoms with Crippen molar-refractivity contribution in [1.82, 2.24) is 5.32 Å². The lowest BCUT2D eigenvalue weighted by molar-refractivity contribution is -0.144. The number of carboxylic acid groups (broad SMARTS) is 1. The molecule has 1 rings (SSSR count). The van der Waals surface area contributed by atoms with Gasteiger partial charge in [-0.1, -0.05) is 19.1 Å². The fourth-order valence-electron chi connectivity index (χ4n) is 1.73. The first-order valence-corrected chi connectivity index (χ1v) is 6.26. The molecule has 100 valence electrons. The minimum absolute atomic E-state index is 0.601. The van der Waals surface area contributed by atoms with Crippen molar-refractivity contribution >= 4 is 5.97 Å². The van der Waals surface area contributed by atoms with E-state index in [4.69, 9.17) is 4.74 Å². The lowest BCUT2D eigenvalue weighted by Gasteiger charge is -2.27. The van der Waals surface area contributed by atoms with Crippen LogP contribution in [0, 0.1) is 0 Å². The van der Waals surface area contributed by atoms with Crippen LogP contribution in [0.2, 0.25) is 0 Å². The number of carbonyl (C=O) groups is 1. The van der Waals surface area contributed by atoms with Crippen molar-refractivity contribution in [2.45, 2.75) is 32.7 Å². The van der Waals surface area contributed by atoms with Crippen molar-refractivity contribution in [1.29, 1.82) is 0 Å². The average Bonchev–Trinajstić information content (AvgIpc) is 2.37. The van der Waals surface area contributed by atoms with Gasteiger partial charge < -0.3 is 9.84 Å². The van der Waals surface area contributed by atoms with Crippen molar-refractivity contribution in [3.63, 3.8) is 0 Å². The second-order valence-corrected chi connectivity index (χ2v) is 4.31. The van der Waals surface area contributed by atoms with Crippen LogP contribution in [0.4, 0.5) is 0 Å². The predicted octanol–water partition coefficient (Wildman–Crippen LogP) is 2.38. The molecule has 0 amide bonds. The Morgan fingerprint density at radius 3 is 2.39 bits per heavy atom. The summed E-state index contributed by atoms with van der Waals surface area (Å²) in [5.74, 6) is -0.121. The van der Waals surface area contributed by atoms with E-state index in [1.807, 2.05) is 13.8 Å². The van der Waals surface area contributed by atoms with Crippen molar-refractivity contribution in [2.75, 3.05) is 13.2 Å². The summed E-state index contributed by atoms with van der Waals surface area (Å²) in [4.78, 5) is 11.4. The maximum absolute atomic E-state index is 11.4. The summed E-state index contributed by atoms with van der Waals surface area (Å²) < 4.78 is 5.35. The van der Waals surface area contributed by atoms with Gasteiger partial charge in [-0.3, -0.25) is 5.32 Å². The van der Waals surface area contributed by atoms with Gasteiger partial charge in [-0.15, -0.1) is 0 Å². The van der Waals surface area contributed by atoms with Gasteiger partial charge >= 0.3 is 5.97 Å². The van der Waals surface area contributed by atoms with Crippen molar-refractivity contribution in [2.24, 2.45) is 0 Å². The van der Waals surface area contributed by atoms with Gasteiger partial charge in [-0.2, -0.15) is 0 Å². The maximum Gasteiger partial charge on any atom is 0.328 e. The van der Waals surface area contributed by atoms with Crippen LogP contribution >= 0.6 is 0 Å². The van der Waals surface area contributed by atoms with Crippen LogP contribution in [-0.2, 0) is 10.3 Å². The predicted molar refractivity (Wildman–Crippen MR) is 70.9 cm³/mol. The SMILES string of the molecule is CCCNC(C)(C(=O)O)c1ccc(OCC)cc1. The molecule has 1 aromatic carbocycles. The fraction of sp³-hybridized carbons (Fsp3) is 0.500. The van der Waals surface area contributed by atoms with E-state index in [0.717, 1.165) is 17.7 Å². The number of carboxylic acids is 1. The number of benzene rings is 1. The fourth-order valence-corrected chi connectivity index (χ4v) is 1.73. The normalized spacial score (nSPS) is 13.9. The second kappa shape index (κ2) is 6.40. The van der Waals surface area contributed by atoms with Crippen LogP contribution in [0.5, 0.6) is 5.75 Å². The highest BCUT2D eigenvalue weighted by Crippen LogP contribution is 2.23. The molecule has 0 spiro atoms. The Bertz CT molecular complexity index is 389. The Morgan fingerprint density at radius 2 is 1.94 bits per heavy atom. The zero-order valence-electron chi connectivity index (χ0n) is 11.2. The third kappa shape index (κ3) is 3.23. The first-order chi connectivity index (χ1) is 8.54. The summed E-state index contributed by atoms with van der Waals surface area (Å²) in [5, 5.41) is 12.5. The van der Waals surface area contributed by atoms with E-state index in [-0.39, 0.29) is 0 Å². The molecule has 18 heavy (non-hydrogen) atoms. The Labute approximate surface area is 108 Å². The van der Waals surface area contributed by atoms with Crippen LogP contribution in [0.25, 0.3) is 0 Å². The van der Waals surface area contributed by atoms with Gasteiger partial charge in [0.25, 0.3) is 0 Å². The molecule has 0 aliphatic heterocycles. The Balaban J connectivity index is 2.95. The van der Waals surface area contributed by atoms with E-state index >= 15 is 0 Å². The van der Waals surface area contributed by atoms with Gasteiger partial charge in [0, 0.05) is 0 Å². The molecule has 0 saturated carbocycles. The van der Waals surface area contributed by atoms with Gasteiger partial charge in [-0.25, -0.2) is 4.79 Å². The minimum atomic E-state index is -1.05. The molecule has 0 saturated heterocycles. The first kappa shape index (κ1) is 14.5. The summed E-state index contributed by atoms with van der Waals surface area (Å²) in [7, 11) is 0. The van der Waals surface area contributed by atoms with E-state index in [2.05, 4.69) is 5.32 Å². The topological polar surface area (TPSA) is 58.6 Å². The number of nitrogens with one attached hydrogen (secondary N) is 1. The molecule has 0 radical (unpaired) electrons. The van der Waals surface area contributed by atoms with Crippen LogP contribution in [-0.4, -0.2) is 24.2 Å². The average molecular weight is 251 g/mol. The lowest BCUT2D eigenvalue weighted by atomic mass is 9.92. The molecule has 0 bridgehead atoms. The zero-order valence-corrected chi connectivity index (χ0v) is 11.2. The van der Waals surface area contributed by atoms with E-state index in [9.17, 15) is 9.90 Å². The minimum Gasteiger partial charge on any atom is -0.494 e. The number of aliphatic carboxylic acids is 1. The molecule has 1 atom stereocenters. The quantitative estimate of drug-likeness (QED) is 0.781. The molecule has 0 aliphatic rings. The molecule has 4 nitrogen and oxygen atoms in total. The van der Waals surface area contributed by atoms with Crippen molar-refractivity contribution in [3.8, 4) is 5.75 Å². The van der Waals surface area contributed by atoms with E-state index < -0.39 is 11.5 Å². The summed E-state index contributed by atoms with van der Waals surface area (Å²) >= 11 is 0. The van der Waals surface area contributed by atoms with E-state index in [1.165, 1.54) is 0 Å². The molecule has 2 N–H and O–H groups in total. The number of rotatable bonds is 7. The third-order valence-corrected chi connectivity index (χ3v) is 2.90. The largest absolute Gasteiger partial charge is 0.494 e. The molecule has 1 unspecified atom stereocenters. The second-order valence-electron chi connectivity index (χ2n) is 4.31. The van der Waals surface area contributed by atoms with Crippen LogP contribution in [0.15, 0.2) is 24.3 Å². The summed E-state index contributed by atoms with van der Waals surface area (Å²) in [6, 6.07) is 7.19. The molecule has 0 heterocycles. The summed E-state index contributed by atoms with van der Waals surface area (Å²) in [6.45, 7) is 6.87. The van der Waals surface area contributed by atoms with E-state index in [1.54, 1.807) is 31.2 Å². The molecule has 0 aliphatic carbocycles. The van der Waals surface area contributed by atoms with Gasteiger partial charge in [0.2, 0.25) is 0 Å². The molecular weight excluding hydrogens is 230 g/mol. The number of hydrogen-bond donors (Lipinski definition) is 2. The summed E-state index contributed by atoms with van der Waals surface area (Å²) in [5.41, 5.74) is -0.326. The monoisotopic (exact) mass is 251 g/mol. The van der Waals surface area contributed by atoms with Gasteiger partial charge in [-0.05, 0) is 44.5 Å². The number of hydrogen-bond acceptors (Lipinski definition) is 3. The lowest BCUT2D eigenvalue weighted by Crippen LogP contribution is -2.46. The molecular formula is C14H21NO3. The van der Waals surface area contributed by atoms with E-state index in [0.29, 0.717) is 13.2 Å². The Hall–Kier alpha value is -1.55. The maximum atomic E-state index is 11.4. The van der Waals surface area contributed by atoms with Crippen molar-refractivity contribution in [3.05, 3.63) is 29.8 Å². The zero-order chi connectivity index (χ0) is 13.6. The van der Waals surface area contributed by atoms with Crippen LogP contribution in [0.1, 0.15) is 32.8 Å². The van der Waals surface area contributed by atoms with Crippen LogP contribution < -0.4 is 10.1 Å². The van der Waals surface area contributed by atoms with Gasteiger partial charge in [0.15, 0.2) is 0 Å². The smallest absolute Gasteiger partial charge is 0.328 e.